The predicted octanol–water partition coefficient (Wildman–Crippen LogP) is 3.00. The Bertz CT molecular complexity index is 561. The summed E-state index contributed by atoms with van der Waals surface area (Å²) in [4.78, 5) is 16.9. The lowest BCUT2D eigenvalue weighted by Crippen LogP contribution is -2.28. The van der Waals surface area contributed by atoms with Crippen LogP contribution >= 0.6 is 11.6 Å². The molecule has 4 nitrogen and oxygen atoms in total. The number of carbonyl (C=O) groups is 1. The Hall–Kier alpha value is -1.88. The highest BCUT2D eigenvalue weighted by Gasteiger charge is 2.02. The highest BCUT2D eigenvalue weighted by atomic mass is 35.5. The normalized spacial score (nSPS) is 10.2. The minimum absolute atomic E-state index is 0.0688. The summed E-state index contributed by atoms with van der Waals surface area (Å²) in [6.45, 7) is 0.477. The van der Waals surface area contributed by atoms with Gasteiger partial charge < -0.3 is 5.32 Å². The number of benzene rings is 2. The lowest BCUT2D eigenvalue weighted by atomic mass is 10.2. The van der Waals surface area contributed by atoms with E-state index >= 15 is 0 Å². The van der Waals surface area contributed by atoms with Gasteiger partial charge in [-0.1, -0.05) is 48.0 Å². The molecule has 0 spiro atoms. The van der Waals surface area contributed by atoms with Gasteiger partial charge in [0.2, 0.25) is 5.91 Å². The monoisotopic (exact) mass is 290 g/mol. The molecule has 104 valence electrons. The van der Waals surface area contributed by atoms with Crippen molar-refractivity contribution in [3.05, 3.63) is 65.2 Å². The molecule has 20 heavy (non-hydrogen) atoms. The number of anilines is 1. The van der Waals surface area contributed by atoms with Crippen molar-refractivity contribution in [1.82, 2.24) is 5.48 Å². The fourth-order valence-electron chi connectivity index (χ4n) is 1.60. The van der Waals surface area contributed by atoms with E-state index in [1.165, 1.54) is 0 Å². The number of halogens is 1. The fourth-order valence-corrected chi connectivity index (χ4v) is 1.79. The smallest absolute Gasteiger partial charge is 0.240 e. The van der Waals surface area contributed by atoms with E-state index in [9.17, 15) is 4.79 Å². The number of amides is 1. The minimum Gasteiger partial charge on any atom is -0.325 e. The van der Waals surface area contributed by atoms with Crippen LogP contribution in [0.25, 0.3) is 0 Å². The van der Waals surface area contributed by atoms with Crippen LogP contribution < -0.4 is 10.8 Å². The first-order valence-electron chi connectivity index (χ1n) is 6.18. The van der Waals surface area contributed by atoms with Crippen LogP contribution in [0.4, 0.5) is 5.69 Å². The van der Waals surface area contributed by atoms with Gasteiger partial charge in [-0.3, -0.25) is 9.63 Å². The fraction of sp³-hybridized carbons (Fsp3) is 0.133. The van der Waals surface area contributed by atoms with Crippen LogP contribution in [0.2, 0.25) is 5.02 Å². The quantitative estimate of drug-likeness (QED) is 0.635. The Kier molecular flexibility index (Phi) is 5.55. The van der Waals surface area contributed by atoms with Crippen LogP contribution in [0, 0.1) is 0 Å². The predicted molar refractivity (Wildman–Crippen MR) is 79.3 cm³/mol. The van der Waals surface area contributed by atoms with Crippen LogP contribution in [0.15, 0.2) is 54.6 Å². The third-order valence-electron chi connectivity index (χ3n) is 2.52. The number of rotatable bonds is 6. The molecule has 0 aliphatic heterocycles. The molecule has 5 heteroatoms. The summed E-state index contributed by atoms with van der Waals surface area (Å²) in [5.74, 6) is -0.194. The molecule has 0 saturated heterocycles. The summed E-state index contributed by atoms with van der Waals surface area (Å²) in [6.07, 6.45) is 0. The molecule has 1 amide bonds. The summed E-state index contributed by atoms with van der Waals surface area (Å²) in [5, 5.41) is 3.30. The van der Waals surface area contributed by atoms with Crippen molar-refractivity contribution < 1.29 is 9.63 Å². The number of hydrogen-bond acceptors (Lipinski definition) is 3. The van der Waals surface area contributed by atoms with Crippen molar-refractivity contribution in [3.63, 3.8) is 0 Å². The Morgan fingerprint density at radius 1 is 1.10 bits per heavy atom. The maximum atomic E-state index is 11.6. The van der Waals surface area contributed by atoms with Crippen LogP contribution in [0.3, 0.4) is 0 Å². The van der Waals surface area contributed by atoms with Gasteiger partial charge in [-0.2, -0.15) is 5.48 Å². The van der Waals surface area contributed by atoms with Gasteiger partial charge in [0.05, 0.1) is 6.61 Å². The van der Waals surface area contributed by atoms with E-state index in [-0.39, 0.29) is 12.5 Å². The van der Waals surface area contributed by atoms with Gasteiger partial charge in [0, 0.05) is 10.7 Å². The average Bonchev–Trinajstić information content (AvgIpc) is 2.45. The van der Waals surface area contributed by atoms with Crippen LogP contribution in [-0.4, -0.2) is 12.5 Å². The summed E-state index contributed by atoms with van der Waals surface area (Å²) in [5.41, 5.74) is 4.32. The second-order valence-electron chi connectivity index (χ2n) is 4.15. The Morgan fingerprint density at radius 3 is 2.65 bits per heavy atom. The maximum absolute atomic E-state index is 11.6. The minimum atomic E-state index is -0.194. The molecule has 0 fully saturated rings. The van der Waals surface area contributed by atoms with Crippen molar-refractivity contribution in [3.8, 4) is 0 Å². The molecule has 2 aromatic carbocycles. The van der Waals surface area contributed by atoms with E-state index in [0.29, 0.717) is 17.3 Å². The molecule has 0 unspecified atom stereocenters. The van der Waals surface area contributed by atoms with Crippen molar-refractivity contribution in [2.45, 2.75) is 6.61 Å². The molecule has 0 saturated carbocycles. The second-order valence-corrected chi connectivity index (χ2v) is 4.59. The third kappa shape index (κ3) is 5.01. The van der Waals surface area contributed by atoms with E-state index in [4.69, 9.17) is 16.4 Å². The van der Waals surface area contributed by atoms with Crippen molar-refractivity contribution >= 4 is 23.2 Å². The first-order valence-corrected chi connectivity index (χ1v) is 6.56. The van der Waals surface area contributed by atoms with Gasteiger partial charge in [0.15, 0.2) is 0 Å². The first kappa shape index (κ1) is 14.5. The number of carbonyl (C=O) groups excluding carboxylic acids is 1. The third-order valence-corrected chi connectivity index (χ3v) is 2.76. The Balaban J connectivity index is 1.68. The van der Waals surface area contributed by atoms with E-state index in [0.717, 1.165) is 5.56 Å². The zero-order valence-electron chi connectivity index (χ0n) is 10.8. The molecule has 0 aromatic heterocycles. The number of hydrogen-bond donors (Lipinski definition) is 2. The van der Waals surface area contributed by atoms with Gasteiger partial charge in [-0.15, -0.1) is 0 Å². The van der Waals surface area contributed by atoms with Crippen molar-refractivity contribution in [2.24, 2.45) is 0 Å². The molecule has 0 aliphatic carbocycles. The molecular weight excluding hydrogens is 276 g/mol. The molecule has 2 rings (SSSR count). The Labute approximate surface area is 122 Å². The van der Waals surface area contributed by atoms with Crippen LogP contribution in [0.5, 0.6) is 0 Å². The highest BCUT2D eigenvalue weighted by Crippen LogP contribution is 2.14. The van der Waals surface area contributed by atoms with E-state index < -0.39 is 0 Å². The summed E-state index contributed by atoms with van der Waals surface area (Å²) < 4.78 is 0. The van der Waals surface area contributed by atoms with Crippen LogP contribution in [0.1, 0.15) is 5.56 Å². The molecule has 2 N–H and O–H groups in total. The number of hydroxylamine groups is 1. The average molecular weight is 291 g/mol. The molecule has 0 atom stereocenters. The van der Waals surface area contributed by atoms with Gasteiger partial charge in [-0.25, -0.2) is 0 Å². The largest absolute Gasteiger partial charge is 0.325 e. The second kappa shape index (κ2) is 7.65. The van der Waals surface area contributed by atoms with E-state index in [1.54, 1.807) is 24.3 Å². The molecular formula is C15H15ClN2O2. The van der Waals surface area contributed by atoms with Crippen molar-refractivity contribution in [2.75, 3.05) is 11.9 Å². The number of nitrogens with one attached hydrogen (secondary N) is 2. The molecule has 2 aromatic rings. The van der Waals surface area contributed by atoms with E-state index in [2.05, 4.69) is 10.8 Å². The standard InChI is InChI=1S/C15H15ClN2O2/c16-13-7-4-8-14(9-13)18-15(19)10-17-20-11-12-5-2-1-3-6-12/h1-9,17H,10-11H2,(H,18,19). The highest BCUT2D eigenvalue weighted by molar-refractivity contribution is 6.30. The van der Waals surface area contributed by atoms with Gasteiger partial charge in [0.1, 0.15) is 6.54 Å². The summed E-state index contributed by atoms with van der Waals surface area (Å²) in [7, 11) is 0. The van der Waals surface area contributed by atoms with Gasteiger partial charge in [0.25, 0.3) is 0 Å². The van der Waals surface area contributed by atoms with E-state index in [1.807, 2.05) is 30.3 Å². The zero-order valence-corrected chi connectivity index (χ0v) is 11.6. The summed E-state index contributed by atoms with van der Waals surface area (Å²) >= 11 is 5.83. The topological polar surface area (TPSA) is 50.4 Å². The Morgan fingerprint density at radius 2 is 1.90 bits per heavy atom. The molecule has 0 bridgehead atoms. The van der Waals surface area contributed by atoms with Crippen LogP contribution in [-0.2, 0) is 16.2 Å². The maximum Gasteiger partial charge on any atom is 0.240 e. The van der Waals surface area contributed by atoms with Gasteiger partial charge in [-0.05, 0) is 23.8 Å². The van der Waals surface area contributed by atoms with Crippen molar-refractivity contribution in [1.29, 1.82) is 0 Å². The first-order chi connectivity index (χ1) is 9.74. The molecule has 0 heterocycles. The van der Waals surface area contributed by atoms with Gasteiger partial charge >= 0.3 is 0 Å². The lowest BCUT2D eigenvalue weighted by Gasteiger charge is -2.07. The summed E-state index contributed by atoms with van der Waals surface area (Å²) in [6, 6.07) is 16.7. The molecule has 0 aliphatic rings. The lowest BCUT2D eigenvalue weighted by molar-refractivity contribution is -0.118. The zero-order chi connectivity index (χ0) is 14.2. The molecule has 0 radical (unpaired) electrons. The SMILES string of the molecule is O=C(CNOCc1ccccc1)Nc1cccc(Cl)c1.